The van der Waals surface area contributed by atoms with Gasteiger partial charge in [0.1, 0.15) is 5.02 Å². The third-order valence-corrected chi connectivity index (χ3v) is 4.20. The zero-order valence-corrected chi connectivity index (χ0v) is 13.9. The van der Waals surface area contributed by atoms with E-state index < -0.39 is 0 Å². The number of aryl methyl sites for hydroxylation is 1. The van der Waals surface area contributed by atoms with E-state index in [-0.39, 0.29) is 0 Å². The van der Waals surface area contributed by atoms with Crippen LogP contribution in [0.5, 0.6) is 5.88 Å². The molecule has 0 bridgehead atoms. The fourth-order valence-corrected chi connectivity index (χ4v) is 2.60. The van der Waals surface area contributed by atoms with Crippen molar-refractivity contribution in [2.75, 3.05) is 20.2 Å². The van der Waals surface area contributed by atoms with E-state index in [2.05, 4.69) is 16.9 Å². The molecule has 1 aromatic rings. The molecule has 0 N–H and O–H groups in total. The van der Waals surface area contributed by atoms with Gasteiger partial charge < -0.3 is 9.64 Å². The van der Waals surface area contributed by atoms with E-state index in [9.17, 15) is 0 Å². The Hall–Kier alpha value is -1.29. The Kier molecular flexibility index (Phi) is 5.85. The molecule has 5 heteroatoms. The topological polar surface area (TPSA) is 37.7 Å². The fraction of sp³-hybridized carbons (Fsp3) is 0.625. The first-order valence-electron chi connectivity index (χ1n) is 7.64. The first-order chi connectivity index (χ1) is 10.1. The van der Waals surface area contributed by atoms with Crippen molar-refractivity contribution in [2.45, 2.75) is 39.5 Å². The Labute approximate surface area is 132 Å². The maximum absolute atomic E-state index is 6.26. The van der Waals surface area contributed by atoms with Gasteiger partial charge in [-0.05, 0) is 38.7 Å². The highest BCUT2D eigenvalue weighted by atomic mass is 35.5. The van der Waals surface area contributed by atoms with Crippen LogP contribution >= 0.6 is 11.6 Å². The van der Waals surface area contributed by atoms with Crippen LogP contribution in [0.1, 0.15) is 38.3 Å². The summed E-state index contributed by atoms with van der Waals surface area (Å²) < 4.78 is 5.80. The Morgan fingerprint density at radius 3 is 2.86 bits per heavy atom. The lowest BCUT2D eigenvalue weighted by molar-refractivity contribution is 0.243. The van der Waals surface area contributed by atoms with Gasteiger partial charge in [0.25, 0.3) is 0 Å². The highest BCUT2D eigenvalue weighted by Gasteiger charge is 2.17. The van der Waals surface area contributed by atoms with Gasteiger partial charge in [-0.3, -0.25) is 0 Å². The van der Waals surface area contributed by atoms with Crippen molar-refractivity contribution in [1.82, 2.24) is 9.88 Å². The molecular weight excluding hydrogens is 286 g/mol. The summed E-state index contributed by atoms with van der Waals surface area (Å²) in [6.45, 7) is 5.63. The smallest absolute Gasteiger partial charge is 0.232 e. The molecule has 1 heterocycles. The lowest BCUT2D eigenvalue weighted by Crippen LogP contribution is -2.14. The number of hydrogen-bond donors (Lipinski definition) is 0. The molecule has 116 valence electrons. The molecule has 0 saturated heterocycles. The quantitative estimate of drug-likeness (QED) is 0.583. The summed E-state index contributed by atoms with van der Waals surface area (Å²) in [5.74, 6) is 1.18. The minimum atomic E-state index is 0.531. The van der Waals surface area contributed by atoms with Crippen LogP contribution in [0.3, 0.4) is 0 Å². The van der Waals surface area contributed by atoms with Crippen molar-refractivity contribution in [2.24, 2.45) is 10.9 Å². The van der Waals surface area contributed by atoms with E-state index in [1.807, 2.05) is 24.9 Å². The molecule has 0 amide bonds. The Balaban J connectivity index is 2.03. The molecule has 0 spiro atoms. The van der Waals surface area contributed by atoms with E-state index in [1.165, 1.54) is 25.7 Å². The standard InChI is InChI=1S/C16H24ClN3O/c1-4-20(3)11-18-15-9-14(17)16(19-12(15)2)21-10-13-7-5-6-8-13/h9,11,13H,4-8,10H2,1-3H3/b18-11+. The van der Waals surface area contributed by atoms with Crippen molar-refractivity contribution in [3.63, 3.8) is 0 Å². The van der Waals surface area contributed by atoms with Gasteiger partial charge >= 0.3 is 0 Å². The van der Waals surface area contributed by atoms with Gasteiger partial charge in [-0.1, -0.05) is 24.4 Å². The number of halogens is 1. The molecule has 0 radical (unpaired) electrons. The molecule has 1 saturated carbocycles. The Bertz CT molecular complexity index is 499. The van der Waals surface area contributed by atoms with Crippen molar-refractivity contribution in [1.29, 1.82) is 0 Å². The average molecular weight is 310 g/mol. The molecule has 4 nitrogen and oxygen atoms in total. The van der Waals surface area contributed by atoms with E-state index >= 15 is 0 Å². The molecule has 0 atom stereocenters. The van der Waals surface area contributed by atoms with Crippen molar-refractivity contribution in [3.05, 3.63) is 16.8 Å². The lowest BCUT2D eigenvalue weighted by Gasteiger charge is -2.13. The Morgan fingerprint density at radius 2 is 2.19 bits per heavy atom. The number of ether oxygens (including phenoxy) is 1. The molecule has 1 aliphatic rings. The van der Waals surface area contributed by atoms with Crippen LogP contribution in [0.25, 0.3) is 0 Å². The highest BCUT2D eigenvalue weighted by molar-refractivity contribution is 6.32. The zero-order valence-electron chi connectivity index (χ0n) is 13.1. The average Bonchev–Trinajstić information content (AvgIpc) is 2.99. The molecule has 2 rings (SSSR count). The van der Waals surface area contributed by atoms with Crippen LogP contribution < -0.4 is 4.74 Å². The molecule has 1 fully saturated rings. The van der Waals surface area contributed by atoms with Gasteiger partial charge in [-0.25, -0.2) is 9.98 Å². The van der Waals surface area contributed by atoms with Gasteiger partial charge in [0, 0.05) is 13.6 Å². The molecule has 0 aliphatic heterocycles. The summed E-state index contributed by atoms with van der Waals surface area (Å²) in [6, 6.07) is 1.83. The molecule has 0 unspecified atom stereocenters. The summed E-state index contributed by atoms with van der Waals surface area (Å²) in [5.41, 5.74) is 1.62. The first kappa shape index (κ1) is 16.1. The minimum absolute atomic E-state index is 0.531. The van der Waals surface area contributed by atoms with Crippen molar-refractivity contribution < 1.29 is 4.74 Å². The molecule has 1 aliphatic carbocycles. The minimum Gasteiger partial charge on any atom is -0.476 e. The van der Waals surface area contributed by atoms with Crippen LogP contribution in [0.15, 0.2) is 11.1 Å². The number of rotatable bonds is 6. The van der Waals surface area contributed by atoms with E-state index in [1.54, 1.807) is 6.34 Å². The summed E-state index contributed by atoms with van der Waals surface area (Å²) in [4.78, 5) is 10.9. The van der Waals surface area contributed by atoms with E-state index in [4.69, 9.17) is 16.3 Å². The normalized spacial score (nSPS) is 15.8. The number of aromatic nitrogens is 1. The summed E-state index contributed by atoms with van der Waals surface area (Å²) in [6.07, 6.45) is 6.92. The third kappa shape index (κ3) is 4.60. The van der Waals surface area contributed by atoms with Gasteiger partial charge in [-0.15, -0.1) is 0 Å². The first-order valence-corrected chi connectivity index (χ1v) is 8.02. The van der Waals surface area contributed by atoms with Gasteiger partial charge in [-0.2, -0.15) is 0 Å². The molecule has 21 heavy (non-hydrogen) atoms. The SMILES string of the molecule is CCN(C)/C=N/c1cc(Cl)c(OCC2CCCC2)nc1C. The number of pyridine rings is 1. The second kappa shape index (κ2) is 7.64. The van der Waals surface area contributed by atoms with Crippen LogP contribution in [0, 0.1) is 12.8 Å². The zero-order chi connectivity index (χ0) is 15.2. The summed E-state index contributed by atoms with van der Waals surface area (Å²) >= 11 is 6.26. The van der Waals surface area contributed by atoms with Gasteiger partial charge in [0.05, 0.1) is 24.3 Å². The predicted molar refractivity (Wildman–Crippen MR) is 87.9 cm³/mol. The number of hydrogen-bond acceptors (Lipinski definition) is 3. The highest BCUT2D eigenvalue weighted by Crippen LogP contribution is 2.31. The van der Waals surface area contributed by atoms with Gasteiger partial charge in [0.2, 0.25) is 5.88 Å². The summed E-state index contributed by atoms with van der Waals surface area (Å²) in [7, 11) is 1.98. The number of nitrogens with zero attached hydrogens (tertiary/aromatic N) is 3. The summed E-state index contributed by atoms with van der Waals surface area (Å²) in [5, 5.41) is 0.532. The van der Waals surface area contributed by atoms with Crippen molar-refractivity contribution in [3.8, 4) is 5.88 Å². The monoisotopic (exact) mass is 309 g/mol. The fourth-order valence-electron chi connectivity index (χ4n) is 2.40. The molecular formula is C16H24ClN3O. The molecule has 0 aromatic carbocycles. The van der Waals surface area contributed by atoms with Crippen LogP contribution in [0.4, 0.5) is 5.69 Å². The largest absolute Gasteiger partial charge is 0.476 e. The van der Waals surface area contributed by atoms with E-state index in [0.29, 0.717) is 23.4 Å². The van der Waals surface area contributed by atoms with Crippen molar-refractivity contribution >= 4 is 23.6 Å². The molecule has 1 aromatic heterocycles. The van der Waals surface area contributed by atoms with Crippen LogP contribution in [0.2, 0.25) is 5.02 Å². The third-order valence-electron chi connectivity index (χ3n) is 3.93. The maximum Gasteiger partial charge on any atom is 0.232 e. The second-order valence-corrected chi connectivity index (χ2v) is 6.07. The van der Waals surface area contributed by atoms with Gasteiger partial charge in [0.15, 0.2) is 0 Å². The van der Waals surface area contributed by atoms with Crippen LogP contribution in [-0.4, -0.2) is 36.4 Å². The second-order valence-electron chi connectivity index (χ2n) is 5.66. The number of aliphatic imine (C=N–C) groups is 1. The van der Waals surface area contributed by atoms with E-state index in [0.717, 1.165) is 17.9 Å². The van der Waals surface area contributed by atoms with Crippen LogP contribution in [-0.2, 0) is 0 Å². The Morgan fingerprint density at radius 1 is 1.48 bits per heavy atom. The predicted octanol–water partition coefficient (Wildman–Crippen LogP) is 4.22. The maximum atomic E-state index is 6.26. The lowest BCUT2D eigenvalue weighted by atomic mass is 10.1.